The van der Waals surface area contributed by atoms with Crippen LogP contribution in [0, 0.1) is 3.57 Å². The highest BCUT2D eigenvalue weighted by Crippen LogP contribution is 2.38. The van der Waals surface area contributed by atoms with Crippen molar-refractivity contribution >= 4 is 41.3 Å². The summed E-state index contributed by atoms with van der Waals surface area (Å²) in [5, 5.41) is 2.17. The first-order valence-electron chi connectivity index (χ1n) is 12.3. The third-order valence-corrected chi connectivity index (χ3v) is 12.5. The lowest BCUT2D eigenvalue weighted by Crippen LogP contribution is -2.67. The molecule has 1 aromatic heterocycles. The van der Waals surface area contributed by atoms with Crippen LogP contribution in [0.2, 0.25) is 5.04 Å². The number of aromatic amines is 1. The fourth-order valence-corrected chi connectivity index (χ4v) is 10.0. The minimum absolute atomic E-state index is 0.183. The van der Waals surface area contributed by atoms with Crippen molar-refractivity contribution in [1.29, 1.82) is 0 Å². The molecule has 3 aromatic rings. The van der Waals surface area contributed by atoms with Crippen molar-refractivity contribution in [3.63, 3.8) is 0 Å². The molecule has 0 radical (unpaired) electrons. The first-order chi connectivity index (χ1) is 17.7. The van der Waals surface area contributed by atoms with Crippen molar-refractivity contribution in [3.8, 4) is 0 Å². The lowest BCUT2D eigenvalue weighted by molar-refractivity contribution is -0.0551. The Bertz CT molecular complexity index is 1280. The Balaban J connectivity index is 1.70. The third-order valence-electron chi connectivity index (χ3n) is 6.72. The molecule has 0 amide bonds. The Morgan fingerprint density at radius 1 is 1.11 bits per heavy atom. The van der Waals surface area contributed by atoms with Crippen LogP contribution in [-0.4, -0.2) is 43.3 Å². The number of ether oxygens (including phenoxy) is 2. The van der Waals surface area contributed by atoms with Crippen LogP contribution in [0.15, 0.2) is 89.1 Å². The molecule has 0 bridgehead atoms. The molecule has 2 aromatic carbocycles. The number of hydrogen-bond acceptors (Lipinski definition) is 5. The molecule has 37 heavy (non-hydrogen) atoms. The SMILES string of the molecule is C=CCO[C@H]1C[C@H](n2cc(I)c(=O)[nH]c2=O)O[C@@H]1CO[Si](c1ccccc1)(c1ccccc1)C(C)(C)C. The van der Waals surface area contributed by atoms with Gasteiger partial charge >= 0.3 is 5.69 Å². The minimum atomic E-state index is -2.78. The molecule has 0 saturated carbocycles. The van der Waals surface area contributed by atoms with Gasteiger partial charge in [-0.15, -0.1) is 6.58 Å². The predicted molar refractivity (Wildman–Crippen MR) is 156 cm³/mol. The summed E-state index contributed by atoms with van der Waals surface area (Å²) in [5.74, 6) is 0. The van der Waals surface area contributed by atoms with Crippen LogP contribution in [0.1, 0.15) is 33.4 Å². The standard InChI is InChI=1S/C28H33IN2O5Si/c1-5-16-34-23-17-25(31-18-22(29)26(32)30-27(31)33)36-24(23)19-35-37(28(2,3)4,20-12-8-6-9-13-20)21-14-10-7-11-15-21/h5-15,18,23-25H,1,16-17,19H2,2-4H3,(H,30,32,33)/t23-,24+,25+/m0/s1. The Hall–Kier alpha value is -2.31. The summed E-state index contributed by atoms with van der Waals surface area (Å²) in [6, 6.07) is 20.8. The number of H-pyrrole nitrogens is 1. The molecule has 4 rings (SSSR count). The van der Waals surface area contributed by atoms with Gasteiger partial charge in [0.25, 0.3) is 13.9 Å². The normalized spacial score (nSPS) is 20.2. The molecular weight excluding hydrogens is 599 g/mol. The van der Waals surface area contributed by atoms with Gasteiger partial charge < -0.3 is 13.9 Å². The average Bonchev–Trinajstić information content (AvgIpc) is 3.28. The van der Waals surface area contributed by atoms with E-state index in [-0.39, 0.29) is 11.1 Å². The molecule has 2 heterocycles. The van der Waals surface area contributed by atoms with Gasteiger partial charge in [-0.25, -0.2) is 4.79 Å². The zero-order chi connectivity index (χ0) is 26.6. The molecule has 1 saturated heterocycles. The second-order valence-electron chi connectivity index (χ2n) is 10.1. The molecule has 1 aliphatic rings. The van der Waals surface area contributed by atoms with Crippen molar-refractivity contribution in [1.82, 2.24) is 9.55 Å². The van der Waals surface area contributed by atoms with Gasteiger partial charge in [0.2, 0.25) is 0 Å². The van der Waals surface area contributed by atoms with Crippen LogP contribution in [0.25, 0.3) is 0 Å². The third kappa shape index (κ3) is 5.75. The summed E-state index contributed by atoms with van der Waals surface area (Å²) in [7, 11) is -2.78. The molecule has 0 unspecified atom stereocenters. The van der Waals surface area contributed by atoms with E-state index in [4.69, 9.17) is 13.9 Å². The van der Waals surface area contributed by atoms with E-state index in [1.54, 1.807) is 6.08 Å². The van der Waals surface area contributed by atoms with Crippen LogP contribution in [0.4, 0.5) is 0 Å². The molecule has 1 N–H and O–H groups in total. The summed E-state index contributed by atoms with van der Waals surface area (Å²) in [6.45, 7) is 11.1. The smallest absolute Gasteiger partial charge is 0.330 e. The Morgan fingerprint density at radius 3 is 2.24 bits per heavy atom. The summed E-state index contributed by atoms with van der Waals surface area (Å²) in [6.07, 6.45) is 2.37. The highest BCUT2D eigenvalue weighted by Gasteiger charge is 2.51. The molecule has 0 spiro atoms. The predicted octanol–water partition coefficient (Wildman–Crippen LogP) is 3.58. The maximum absolute atomic E-state index is 12.6. The van der Waals surface area contributed by atoms with Gasteiger partial charge in [-0.05, 0) is 38.0 Å². The van der Waals surface area contributed by atoms with E-state index >= 15 is 0 Å². The van der Waals surface area contributed by atoms with E-state index in [0.29, 0.717) is 23.2 Å². The highest BCUT2D eigenvalue weighted by atomic mass is 127. The van der Waals surface area contributed by atoms with Gasteiger partial charge in [0, 0.05) is 12.6 Å². The minimum Gasteiger partial charge on any atom is -0.405 e. The largest absolute Gasteiger partial charge is 0.405 e. The molecule has 1 fully saturated rings. The van der Waals surface area contributed by atoms with Crippen molar-refractivity contribution < 1.29 is 13.9 Å². The van der Waals surface area contributed by atoms with Crippen molar-refractivity contribution in [2.45, 2.75) is 50.7 Å². The zero-order valence-corrected chi connectivity index (χ0v) is 24.5. The number of rotatable bonds is 9. The quantitative estimate of drug-likeness (QED) is 0.222. The summed E-state index contributed by atoms with van der Waals surface area (Å²) < 4.78 is 21.4. The number of nitrogens with one attached hydrogen (secondary N) is 1. The second kappa shape index (κ2) is 11.6. The Kier molecular flexibility index (Phi) is 8.69. The van der Waals surface area contributed by atoms with Gasteiger partial charge in [0.1, 0.15) is 12.3 Å². The van der Waals surface area contributed by atoms with Crippen LogP contribution in [0.3, 0.4) is 0 Å². The van der Waals surface area contributed by atoms with E-state index in [0.717, 1.165) is 0 Å². The van der Waals surface area contributed by atoms with Crippen LogP contribution >= 0.6 is 22.6 Å². The van der Waals surface area contributed by atoms with Crippen LogP contribution in [0.5, 0.6) is 0 Å². The highest BCUT2D eigenvalue weighted by molar-refractivity contribution is 14.1. The van der Waals surface area contributed by atoms with E-state index < -0.39 is 31.9 Å². The van der Waals surface area contributed by atoms with Crippen molar-refractivity contribution in [3.05, 3.63) is 104 Å². The first kappa shape index (κ1) is 27.7. The maximum atomic E-state index is 12.6. The van der Waals surface area contributed by atoms with Crippen LogP contribution in [-0.2, 0) is 13.9 Å². The molecule has 9 heteroatoms. The molecule has 3 atom stereocenters. The fraction of sp³-hybridized carbons (Fsp3) is 0.357. The van der Waals surface area contributed by atoms with Gasteiger partial charge in [-0.3, -0.25) is 14.3 Å². The van der Waals surface area contributed by atoms with E-state index in [9.17, 15) is 9.59 Å². The summed E-state index contributed by atoms with van der Waals surface area (Å²) in [4.78, 5) is 26.8. The lowest BCUT2D eigenvalue weighted by atomic mass is 10.2. The van der Waals surface area contributed by atoms with E-state index in [1.807, 2.05) is 34.7 Å². The van der Waals surface area contributed by atoms with Gasteiger partial charge in [0.05, 0.1) is 22.9 Å². The lowest BCUT2D eigenvalue weighted by Gasteiger charge is -2.43. The van der Waals surface area contributed by atoms with Crippen LogP contribution < -0.4 is 21.6 Å². The van der Waals surface area contributed by atoms with Gasteiger partial charge in [-0.1, -0.05) is 87.5 Å². The number of benzene rings is 2. The molecule has 196 valence electrons. The first-order valence-corrected chi connectivity index (χ1v) is 15.3. The van der Waals surface area contributed by atoms with E-state index in [2.05, 4.69) is 80.9 Å². The molecule has 1 aliphatic heterocycles. The maximum Gasteiger partial charge on any atom is 0.330 e. The number of halogens is 1. The van der Waals surface area contributed by atoms with E-state index in [1.165, 1.54) is 21.1 Å². The summed E-state index contributed by atoms with van der Waals surface area (Å²) in [5.41, 5.74) is -0.919. The van der Waals surface area contributed by atoms with Crippen molar-refractivity contribution in [2.75, 3.05) is 13.2 Å². The molecule has 0 aliphatic carbocycles. The Morgan fingerprint density at radius 2 is 1.70 bits per heavy atom. The van der Waals surface area contributed by atoms with Crippen molar-refractivity contribution in [2.24, 2.45) is 0 Å². The van der Waals surface area contributed by atoms with Gasteiger partial charge in [0.15, 0.2) is 0 Å². The number of aromatic nitrogens is 2. The average molecular weight is 633 g/mol. The second-order valence-corrected chi connectivity index (χ2v) is 15.6. The monoisotopic (exact) mass is 632 g/mol. The number of hydrogen-bond donors (Lipinski definition) is 1. The summed E-state index contributed by atoms with van der Waals surface area (Å²) >= 11 is 1.91. The molecular formula is C28H33IN2O5Si. The van der Waals surface area contributed by atoms with Gasteiger partial charge in [-0.2, -0.15) is 0 Å². The molecule has 7 nitrogen and oxygen atoms in total. The number of nitrogens with zero attached hydrogens (tertiary/aromatic N) is 1. The topological polar surface area (TPSA) is 82.6 Å². The Labute approximate surface area is 231 Å². The fourth-order valence-electron chi connectivity index (χ4n) is 5.03. The zero-order valence-electron chi connectivity index (χ0n) is 21.4.